The van der Waals surface area contributed by atoms with Crippen LogP contribution >= 0.6 is 31.9 Å². The lowest BCUT2D eigenvalue weighted by atomic mass is 10.2. The van der Waals surface area contributed by atoms with Crippen LogP contribution in [0.1, 0.15) is 25.7 Å². The fraction of sp³-hybridized carbons (Fsp3) is 0.857. The van der Waals surface area contributed by atoms with E-state index in [1.54, 1.807) is 0 Å². The number of alkyl halides is 2. The van der Waals surface area contributed by atoms with Crippen molar-refractivity contribution in [2.75, 3.05) is 0 Å². The summed E-state index contributed by atoms with van der Waals surface area (Å²) in [5.41, 5.74) is 0. The molecule has 1 fully saturated rings. The van der Waals surface area contributed by atoms with Crippen LogP contribution in [0.25, 0.3) is 0 Å². The molecule has 9 heavy (non-hydrogen) atoms. The maximum absolute atomic E-state index is 3.80. The zero-order valence-electron chi connectivity index (χ0n) is 5.37. The van der Waals surface area contributed by atoms with Crippen LogP contribution in [0.2, 0.25) is 0 Å². The lowest BCUT2D eigenvalue weighted by Gasteiger charge is -1.96. The van der Waals surface area contributed by atoms with Gasteiger partial charge in [-0.05, 0) is 18.8 Å². The zero-order chi connectivity index (χ0) is 6.91. The van der Waals surface area contributed by atoms with Crippen LogP contribution in [0.15, 0.2) is 0 Å². The Balaban J connectivity index is 2.06. The molecular weight excluding hydrogens is 244 g/mol. The van der Waals surface area contributed by atoms with Gasteiger partial charge in [-0.15, -0.1) is 0 Å². The van der Waals surface area contributed by atoms with E-state index >= 15 is 0 Å². The van der Waals surface area contributed by atoms with Gasteiger partial charge in [0.25, 0.3) is 0 Å². The lowest BCUT2D eigenvalue weighted by Crippen LogP contribution is -1.87. The highest BCUT2D eigenvalue weighted by Crippen LogP contribution is 2.58. The summed E-state index contributed by atoms with van der Waals surface area (Å²) in [6, 6.07) is 0. The Hall–Kier alpha value is 0.960. The summed E-state index contributed by atoms with van der Waals surface area (Å²) in [6.07, 6.45) is 4.95. The van der Waals surface area contributed by atoms with Crippen LogP contribution in [0, 0.1) is 12.8 Å². The standard InChI is InChI=1S/C7H11Br2/c1-2-3-4-6-5-7(6,8)9/h6H,1-5H2. The van der Waals surface area contributed by atoms with Gasteiger partial charge in [0.15, 0.2) is 0 Å². The first kappa shape index (κ1) is 8.06. The minimum atomic E-state index is 0.315. The molecule has 1 radical (unpaired) electrons. The molecule has 0 amide bonds. The van der Waals surface area contributed by atoms with Crippen molar-refractivity contribution >= 4 is 31.9 Å². The fourth-order valence-corrected chi connectivity index (χ4v) is 2.21. The second-order valence-electron chi connectivity index (χ2n) is 2.66. The van der Waals surface area contributed by atoms with Crippen LogP contribution in [-0.2, 0) is 0 Å². The summed E-state index contributed by atoms with van der Waals surface area (Å²) in [5.74, 6) is 0.860. The van der Waals surface area contributed by atoms with Crippen molar-refractivity contribution in [3.63, 3.8) is 0 Å². The molecule has 1 aliphatic carbocycles. The van der Waals surface area contributed by atoms with E-state index in [9.17, 15) is 0 Å². The van der Waals surface area contributed by atoms with E-state index in [1.165, 1.54) is 19.3 Å². The topological polar surface area (TPSA) is 0 Å². The number of unbranched alkanes of at least 4 members (excludes halogenated alkanes) is 1. The third kappa shape index (κ3) is 2.23. The first-order valence-electron chi connectivity index (χ1n) is 3.34. The largest absolute Gasteiger partial charge is 0.0837 e. The predicted octanol–water partition coefficient (Wildman–Crippen LogP) is 3.50. The molecule has 2 heteroatoms. The van der Waals surface area contributed by atoms with Crippen molar-refractivity contribution in [2.45, 2.75) is 28.9 Å². The van der Waals surface area contributed by atoms with Gasteiger partial charge in [0, 0.05) is 0 Å². The van der Waals surface area contributed by atoms with Crippen molar-refractivity contribution in [2.24, 2.45) is 5.92 Å². The number of hydrogen-bond acceptors (Lipinski definition) is 0. The van der Waals surface area contributed by atoms with Gasteiger partial charge >= 0.3 is 0 Å². The Morgan fingerprint density at radius 3 is 2.44 bits per heavy atom. The molecule has 0 bridgehead atoms. The minimum absolute atomic E-state index is 0.315. The number of hydrogen-bond donors (Lipinski definition) is 0. The van der Waals surface area contributed by atoms with Gasteiger partial charge in [0.1, 0.15) is 0 Å². The Bertz CT molecular complexity index is 99.1. The molecule has 1 atom stereocenters. The molecule has 53 valence electrons. The normalized spacial score (nSPS) is 30.3. The minimum Gasteiger partial charge on any atom is -0.0724 e. The van der Waals surface area contributed by atoms with Crippen molar-refractivity contribution in [3.8, 4) is 0 Å². The van der Waals surface area contributed by atoms with Crippen LogP contribution in [0.4, 0.5) is 0 Å². The molecule has 0 aliphatic heterocycles. The van der Waals surface area contributed by atoms with E-state index in [2.05, 4.69) is 38.8 Å². The first-order valence-corrected chi connectivity index (χ1v) is 4.92. The highest BCUT2D eigenvalue weighted by molar-refractivity contribution is 9.25. The molecule has 0 saturated heterocycles. The number of rotatable bonds is 3. The molecule has 1 aliphatic rings. The summed E-state index contributed by atoms with van der Waals surface area (Å²) in [7, 11) is 0. The monoisotopic (exact) mass is 253 g/mol. The average Bonchev–Trinajstić information content (AvgIpc) is 2.35. The number of halogens is 2. The molecule has 0 aromatic carbocycles. The summed E-state index contributed by atoms with van der Waals surface area (Å²) in [5, 5.41) is 0. The molecule has 0 N–H and O–H groups in total. The van der Waals surface area contributed by atoms with Gasteiger partial charge < -0.3 is 0 Å². The fourth-order valence-electron chi connectivity index (χ4n) is 0.974. The maximum atomic E-state index is 3.80. The average molecular weight is 255 g/mol. The van der Waals surface area contributed by atoms with Gasteiger partial charge in [-0.3, -0.25) is 0 Å². The Morgan fingerprint density at radius 2 is 2.11 bits per heavy atom. The van der Waals surface area contributed by atoms with E-state index in [4.69, 9.17) is 0 Å². The van der Waals surface area contributed by atoms with E-state index in [0.29, 0.717) is 3.23 Å². The third-order valence-electron chi connectivity index (χ3n) is 1.76. The van der Waals surface area contributed by atoms with Gasteiger partial charge in [0.2, 0.25) is 0 Å². The lowest BCUT2D eigenvalue weighted by molar-refractivity contribution is 0.673. The van der Waals surface area contributed by atoms with Gasteiger partial charge in [-0.2, -0.15) is 0 Å². The van der Waals surface area contributed by atoms with Crippen molar-refractivity contribution < 1.29 is 0 Å². The second kappa shape index (κ2) is 2.91. The Kier molecular flexibility index (Phi) is 2.61. The summed E-state index contributed by atoms with van der Waals surface area (Å²) in [4.78, 5) is 0. The quantitative estimate of drug-likeness (QED) is 0.677. The molecule has 1 saturated carbocycles. The molecule has 0 nitrogen and oxygen atoms in total. The van der Waals surface area contributed by atoms with Crippen LogP contribution in [0.5, 0.6) is 0 Å². The molecule has 1 rings (SSSR count). The molecular formula is C7H11Br2. The predicted molar refractivity (Wildman–Crippen MR) is 47.9 cm³/mol. The Labute approximate surface area is 73.7 Å². The summed E-state index contributed by atoms with van der Waals surface area (Å²) >= 11 is 7.16. The van der Waals surface area contributed by atoms with E-state index in [1.807, 2.05) is 0 Å². The second-order valence-corrected chi connectivity index (χ2v) is 6.55. The van der Waals surface area contributed by atoms with E-state index < -0.39 is 0 Å². The maximum Gasteiger partial charge on any atom is 0.0837 e. The first-order chi connectivity index (χ1) is 4.17. The molecule has 0 spiro atoms. The SMILES string of the molecule is [CH2]CCCC1CC1(Br)Br. The molecule has 1 unspecified atom stereocenters. The molecule has 0 aromatic heterocycles. The third-order valence-corrected chi connectivity index (χ3v) is 3.70. The van der Waals surface area contributed by atoms with Gasteiger partial charge in [-0.25, -0.2) is 0 Å². The Morgan fingerprint density at radius 1 is 1.56 bits per heavy atom. The van der Waals surface area contributed by atoms with Crippen LogP contribution < -0.4 is 0 Å². The highest BCUT2D eigenvalue weighted by Gasteiger charge is 2.49. The van der Waals surface area contributed by atoms with Crippen molar-refractivity contribution in [1.82, 2.24) is 0 Å². The van der Waals surface area contributed by atoms with E-state index in [0.717, 1.165) is 12.3 Å². The van der Waals surface area contributed by atoms with Gasteiger partial charge in [0.05, 0.1) is 3.23 Å². The highest BCUT2D eigenvalue weighted by atomic mass is 79.9. The smallest absolute Gasteiger partial charge is 0.0724 e. The summed E-state index contributed by atoms with van der Waals surface area (Å²) < 4.78 is 0.315. The van der Waals surface area contributed by atoms with Crippen molar-refractivity contribution in [3.05, 3.63) is 6.92 Å². The van der Waals surface area contributed by atoms with Crippen LogP contribution in [0.3, 0.4) is 0 Å². The zero-order valence-corrected chi connectivity index (χ0v) is 8.54. The molecule has 0 heterocycles. The molecule has 0 aromatic rings. The van der Waals surface area contributed by atoms with E-state index in [-0.39, 0.29) is 0 Å². The summed E-state index contributed by atoms with van der Waals surface area (Å²) in [6.45, 7) is 3.80. The van der Waals surface area contributed by atoms with Crippen LogP contribution in [-0.4, -0.2) is 3.23 Å². The van der Waals surface area contributed by atoms with Gasteiger partial charge in [-0.1, -0.05) is 51.6 Å². The van der Waals surface area contributed by atoms with Crippen molar-refractivity contribution in [1.29, 1.82) is 0 Å².